The van der Waals surface area contributed by atoms with Crippen LogP contribution in [0.2, 0.25) is 0 Å². The number of nitrogens with one attached hydrogen (secondary N) is 1. The van der Waals surface area contributed by atoms with Crippen LogP contribution < -0.4 is 11.1 Å². The van der Waals surface area contributed by atoms with Crippen LogP contribution in [0.4, 0.5) is 0 Å². The first kappa shape index (κ1) is 18.2. The summed E-state index contributed by atoms with van der Waals surface area (Å²) in [7, 11) is 0. The second kappa shape index (κ2) is 7.72. The molecule has 0 bridgehead atoms. The largest absolute Gasteiger partial charge is 0.348 e. The number of hydrogen-bond acceptors (Lipinski definition) is 3. The molecule has 0 spiro atoms. The molecule has 1 aliphatic rings. The molecule has 1 aromatic heterocycles. The monoisotopic (exact) mass is 308 g/mol. The molecule has 0 aromatic carbocycles. The van der Waals surface area contributed by atoms with Crippen molar-refractivity contribution < 1.29 is 4.79 Å². The molecule has 1 fully saturated rings. The Hall–Kier alpha value is -0.780. The molecule has 0 saturated heterocycles. The summed E-state index contributed by atoms with van der Waals surface area (Å²) in [5.41, 5.74) is 5.62. The van der Waals surface area contributed by atoms with Gasteiger partial charge in [-0.25, -0.2) is 0 Å². The molecule has 1 saturated carbocycles. The zero-order valence-corrected chi connectivity index (χ0v) is 12.7. The average Bonchev–Trinajstić information content (AvgIpc) is 2.99. The number of carbonyl (C=O) groups is 1. The molecular weight excluding hydrogens is 287 g/mol. The van der Waals surface area contributed by atoms with Gasteiger partial charge < -0.3 is 11.1 Å². The van der Waals surface area contributed by atoms with E-state index < -0.39 is 0 Å². The smallest absolute Gasteiger partial charge is 0.245 e. The Bertz CT molecular complexity index is 377. The van der Waals surface area contributed by atoms with Crippen LogP contribution in [0.3, 0.4) is 0 Å². The molecule has 5 nitrogen and oxygen atoms in total. The normalized spacial score (nSPS) is 18.0. The van der Waals surface area contributed by atoms with Crippen molar-refractivity contribution >= 4 is 30.7 Å². The number of amides is 1. The lowest BCUT2D eigenvalue weighted by Crippen LogP contribution is -2.53. The van der Waals surface area contributed by atoms with Crippen LogP contribution in [0.1, 0.15) is 38.6 Å². The summed E-state index contributed by atoms with van der Waals surface area (Å²) < 4.78 is 1.66. The number of halogens is 2. The van der Waals surface area contributed by atoms with Crippen molar-refractivity contribution in [2.75, 3.05) is 6.54 Å². The summed E-state index contributed by atoms with van der Waals surface area (Å²) in [5.74, 6) is 0.000972. The van der Waals surface area contributed by atoms with E-state index in [4.69, 9.17) is 5.73 Å². The maximum absolute atomic E-state index is 12.1. The molecule has 1 aliphatic carbocycles. The van der Waals surface area contributed by atoms with Crippen molar-refractivity contribution in [1.82, 2.24) is 15.1 Å². The summed E-state index contributed by atoms with van der Waals surface area (Å²) >= 11 is 0. The highest BCUT2D eigenvalue weighted by Crippen LogP contribution is 2.29. The zero-order chi connectivity index (χ0) is 12.3. The van der Waals surface area contributed by atoms with Crippen LogP contribution in [0.25, 0.3) is 0 Å². The van der Waals surface area contributed by atoms with Crippen LogP contribution >= 0.6 is 24.8 Å². The fourth-order valence-electron chi connectivity index (χ4n) is 2.43. The van der Waals surface area contributed by atoms with Crippen molar-refractivity contribution in [3.8, 4) is 0 Å². The molecule has 1 heterocycles. The van der Waals surface area contributed by atoms with Gasteiger partial charge in [0.15, 0.2) is 0 Å². The van der Waals surface area contributed by atoms with E-state index in [2.05, 4.69) is 10.4 Å². The molecule has 19 heavy (non-hydrogen) atoms. The Morgan fingerprint density at radius 2 is 2.11 bits per heavy atom. The molecule has 1 aromatic rings. The van der Waals surface area contributed by atoms with Crippen LogP contribution in [0.5, 0.6) is 0 Å². The van der Waals surface area contributed by atoms with Gasteiger partial charge in [-0.1, -0.05) is 12.8 Å². The zero-order valence-electron chi connectivity index (χ0n) is 11.0. The van der Waals surface area contributed by atoms with Crippen molar-refractivity contribution in [2.45, 2.75) is 44.2 Å². The third-order valence-electron chi connectivity index (χ3n) is 3.64. The Morgan fingerprint density at radius 1 is 1.47 bits per heavy atom. The van der Waals surface area contributed by atoms with Gasteiger partial charge in [0.05, 0.1) is 5.54 Å². The van der Waals surface area contributed by atoms with Gasteiger partial charge in [-0.3, -0.25) is 9.48 Å². The molecule has 0 aliphatic heterocycles. The van der Waals surface area contributed by atoms with E-state index in [9.17, 15) is 4.79 Å². The predicted octanol–water partition coefficient (Wildman–Crippen LogP) is 1.68. The minimum atomic E-state index is -0.283. The van der Waals surface area contributed by atoms with Gasteiger partial charge >= 0.3 is 0 Å². The van der Waals surface area contributed by atoms with E-state index in [-0.39, 0.29) is 42.3 Å². The minimum Gasteiger partial charge on any atom is -0.348 e. The van der Waals surface area contributed by atoms with Gasteiger partial charge in [0.1, 0.15) is 6.04 Å². The van der Waals surface area contributed by atoms with Gasteiger partial charge in [-0.05, 0) is 25.8 Å². The quantitative estimate of drug-likeness (QED) is 0.888. The number of hydrogen-bond donors (Lipinski definition) is 2. The Kier molecular flexibility index (Phi) is 7.41. The van der Waals surface area contributed by atoms with Crippen LogP contribution in [-0.2, 0) is 4.79 Å². The van der Waals surface area contributed by atoms with Gasteiger partial charge in [-0.2, -0.15) is 5.10 Å². The highest BCUT2D eigenvalue weighted by molar-refractivity contribution is 5.85. The molecule has 0 radical (unpaired) electrons. The summed E-state index contributed by atoms with van der Waals surface area (Å²) in [6, 6.07) is 1.53. The topological polar surface area (TPSA) is 72.9 Å². The van der Waals surface area contributed by atoms with E-state index in [1.165, 1.54) is 0 Å². The van der Waals surface area contributed by atoms with E-state index in [1.54, 1.807) is 17.1 Å². The van der Waals surface area contributed by atoms with E-state index in [1.807, 2.05) is 13.0 Å². The van der Waals surface area contributed by atoms with Crippen molar-refractivity contribution in [3.05, 3.63) is 18.5 Å². The summed E-state index contributed by atoms with van der Waals surface area (Å²) in [6.07, 6.45) is 7.75. The summed E-state index contributed by atoms with van der Waals surface area (Å²) in [5, 5.41) is 7.19. The first-order valence-electron chi connectivity index (χ1n) is 6.18. The molecule has 1 unspecified atom stereocenters. The highest BCUT2D eigenvalue weighted by Gasteiger charge is 2.35. The third kappa shape index (κ3) is 4.09. The fourth-order valence-corrected chi connectivity index (χ4v) is 2.43. The average molecular weight is 309 g/mol. The van der Waals surface area contributed by atoms with Crippen molar-refractivity contribution in [3.63, 3.8) is 0 Å². The minimum absolute atomic E-state index is 0. The van der Waals surface area contributed by atoms with Gasteiger partial charge in [0, 0.05) is 18.9 Å². The number of rotatable bonds is 4. The fraction of sp³-hybridized carbons (Fsp3) is 0.667. The van der Waals surface area contributed by atoms with E-state index >= 15 is 0 Å². The van der Waals surface area contributed by atoms with Gasteiger partial charge in [-0.15, -0.1) is 24.8 Å². The highest BCUT2D eigenvalue weighted by atomic mass is 35.5. The summed E-state index contributed by atoms with van der Waals surface area (Å²) in [4.78, 5) is 12.1. The van der Waals surface area contributed by atoms with E-state index in [0.717, 1.165) is 25.7 Å². The number of aromatic nitrogens is 2. The molecule has 110 valence electrons. The van der Waals surface area contributed by atoms with Gasteiger partial charge in [0.2, 0.25) is 5.91 Å². The predicted molar refractivity (Wildman–Crippen MR) is 79.8 cm³/mol. The maximum atomic E-state index is 12.1. The first-order valence-corrected chi connectivity index (χ1v) is 6.18. The van der Waals surface area contributed by atoms with Gasteiger partial charge in [0.25, 0.3) is 0 Å². The van der Waals surface area contributed by atoms with Crippen LogP contribution in [0.15, 0.2) is 18.5 Å². The second-order valence-electron chi connectivity index (χ2n) is 4.84. The maximum Gasteiger partial charge on any atom is 0.245 e. The molecule has 1 atom stereocenters. The Morgan fingerprint density at radius 3 is 2.58 bits per heavy atom. The van der Waals surface area contributed by atoms with Crippen molar-refractivity contribution in [2.24, 2.45) is 5.73 Å². The van der Waals surface area contributed by atoms with Crippen LogP contribution in [0, 0.1) is 0 Å². The number of carbonyl (C=O) groups excluding carboxylic acids is 1. The SMILES string of the molecule is CC(C(=O)NC1(CN)CCCC1)n1cccn1.Cl.Cl. The molecular formula is C12H22Cl2N4O. The Balaban J connectivity index is 0.00000162. The number of nitrogens with zero attached hydrogens (tertiary/aromatic N) is 2. The molecule has 3 N–H and O–H groups in total. The van der Waals surface area contributed by atoms with Crippen molar-refractivity contribution in [1.29, 1.82) is 0 Å². The molecule has 2 rings (SSSR count). The standard InChI is InChI=1S/C12H20N4O.2ClH/c1-10(16-8-4-7-14-16)11(17)15-12(9-13)5-2-3-6-12;;/h4,7-8,10H,2-3,5-6,9,13H2,1H3,(H,15,17);2*1H. The first-order chi connectivity index (χ1) is 8.17. The Labute approximate surface area is 126 Å². The molecule has 7 heteroatoms. The number of nitrogens with two attached hydrogens (primary N) is 1. The lowest BCUT2D eigenvalue weighted by molar-refractivity contribution is -0.126. The molecule has 1 amide bonds. The van der Waals surface area contributed by atoms with Crippen LogP contribution in [-0.4, -0.2) is 27.8 Å². The lowest BCUT2D eigenvalue weighted by atomic mass is 9.97. The lowest BCUT2D eigenvalue weighted by Gasteiger charge is -2.30. The second-order valence-corrected chi connectivity index (χ2v) is 4.84. The van der Waals surface area contributed by atoms with E-state index in [0.29, 0.717) is 6.54 Å². The third-order valence-corrected chi connectivity index (χ3v) is 3.64. The summed E-state index contributed by atoms with van der Waals surface area (Å²) in [6.45, 7) is 2.37.